The molecule has 14 heavy (non-hydrogen) atoms. The zero-order chi connectivity index (χ0) is 10.1. The summed E-state index contributed by atoms with van der Waals surface area (Å²) in [5.41, 5.74) is 0.984. The van der Waals surface area contributed by atoms with Gasteiger partial charge >= 0.3 is 6.08 Å². The summed E-state index contributed by atoms with van der Waals surface area (Å²) in [4.78, 5) is 6.12. The Bertz CT molecular complexity index is 464. The van der Waals surface area contributed by atoms with Gasteiger partial charge in [0, 0.05) is 0 Å². The number of halogens is 3. The van der Waals surface area contributed by atoms with E-state index in [9.17, 15) is 13.2 Å². The van der Waals surface area contributed by atoms with Gasteiger partial charge in [-0.05, 0) is 12.1 Å². The lowest BCUT2D eigenvalue weighted by Gasteiger charge is -1.86. The minimum absolute atomic E-state index is 0.439. The average molecular weight is 198 g/mol. The van der Waals surface area contributed by atoms with Gasteiger partial charge in [0.25, 0.3) is 0 Å². The molecular weight excluding hydrogens is 193 g/mol. The predicted molar refractivity (Wildman–Crippen MR) is 46.3 cm³/mol. The first-order chi connectivity index (χ1) is 6.68. The summed E-state index contributed by atoms with van der Waals surface area (Å²) in [7, 11) is 0. The molecule has 1 aromatic carbocycles. The molecule has 0 fully saturated rings. The lowest BCUT2D eigenvalue weighted by Crippen LogP contribution is -1.81. The molecular formula is C9H5F3N2. The van der Waals surface area contributed by atoms with Gasteiger partial charge in [-0.1, -0.05) is 12.1 Å². The number of para-hydroxylation sites is 2. The average Bonchev–Trinajstić information content (AvgIpc) is 2.59. The van der Waals surface area contributed by atoms with Gasteiger partial charge in [0.15, 0.2) is 5.82 Å². The number of fused-ring (bicyclic) bond motifs is 1. The van der Waals surface area contributed by atoms with Crippen molar-refractivity contribution in [1.82, 2.24) is 9.97 Å². The topological polar surface area (TPSA) is 28.7 Å². The van der Waals surface area contributed by atoms with Crippen molar-refractivity contribution in [2.75, 3.05) is 0 Å². The van der Waals surface area contributed by atoms with E-state index in [4.69, 9.17) is 0 Å². The molecule has 0 unspecified atom stereocenters. The van der Waals surface area contributed by atoms with Crippen LogP contribution >= 0.6 is 0 Å². The molecule has 2 rings (SSSR count). The summed E-state index contributed by atoms with van der Waals surface area (Å²) in [6.45, 7) is 0. The molecule has 2 nitrogen and oxygen atoms in total. The van der Waals surface area contributed by atoms with E-state index in [1.54, 1.807) is 24.3 Å². The Labute approximate surface area is 77.1 Å². The van der Waals surface area contributed by atoms with Crippen LogP contribution in [-0.4, -0.2) is 9.97 Å². The van der Waals surface area contributed by atoms with Gasteiger partial charge in [-0.15, -0.1) is 0 Å². The third-order valence-electron chi connectivity index (χ3n) is 1.76. The molecule has 1 N–H and O–H groups in total. The van der Waals surface area contributed by atoms with Crippen LogP contribution in [0.4, 0.5) is 13.2 Å². The minimum atomic E-state index is -2.37. The fraction of sp³-hybridized carbons (Fsp3) is 0. The molecule has 5 heteroatoms. The predicted octanol–water partition coefficient (Wildman–Crippen LogP) is 3.10. The first kappa shape index (κ1) is 8.80. The highest BCUT2D eigenvalue weighted by Gasteiger charge is 2.12. The molecule has 72 valence electrons. The Hall–Kier alpha value is -1.78. The van der Waals surface area contributed by atoms with Gasteiger partial charge in [0.1, 0.15) is 0 Å². The molecule has 0 radical (unpaired) electrons. The number of imidazole rings is 1. The third-order valence-corrected chi connectivity index (χ3v) is 1.76. The number of nitrogens with zero attached hydrogens (tertiary/aromatic N) is 1. The molecule has 0 aliphatic heterocycles. The molecule has 0 spiro atoms. The molecule has 0 saturated heterocycles. The molecule has 0 aliphatic carbocycles. The van der Waals surface area contributed by atoms with Crippen molar-refractivity contribution in [3.63, 3.8) is 0 Å². The van der Waals surface area contributed by atoms with Crippen molar-refractivity contribution in [2.24, 2.45) is 0 Å². The van der Waals surface area contributed by atoms with Crippen molar-refractivity contribution in [3.8, 4) is 0 Å². The van der Waals surface area contributed by atoms with E-state index in [0.29, 0.717) is 11.0 Å². The molecule has 0 saturated carbocycles. The van der Waals surface area contributed by atoms with Crippen LogP contribution in [0.3, 0.4) is 0 Å². The summed E-state index contributed by atoms with van der Waals surface area (Å²) in [6, 6.07) is 6.64. The fourth-order valence-electron chi connectivity index (χ4n) is 1.15. The third kappa shape index (κ3) is 1.37. The van der Waals surface area contributed by atoms with Gasteiger partial charge in [-0.25, -0.2) is 4.98 Å². The van der Waals surface area contributed by atoms with Crippen LogP contribution in [0.5, 0.6) is 0 Å². The normalized spacial score (nSPS) is 10.5. The van der Waals surface area contributed by atoms with E-state index in [2.05, 4.69) is 9.97 Å². The second kappa shape index (κ2) is 3.17. The van der Waals surface area contributed by atoms with Crippen LogP contribution in [0, 0.1) is 0 Å². The second-order valence-electron chi connectivity index (χ2n) is 2.68. The molecule has 0 bridgehead atoms. The highest BCUT2D eigenvalue weighted by atomic mass is 19.3. The largest absolute Gasteiger partial charge is 0.336 e. The van der Waals surface area contributed by atoms with Crippen molar-refractivity contribution in [2.45, 2.75) is 0 Å². The van der Waals surface area contributed by atoms with E-state index < -0.39 is 17.7 Å². The number of benzene rings is 1. The SMILES string of the molecule is FC(F)=C(F)c1nc2ccccc2[nH]1. The summed E-state index contributed by atoms with van der Waals surface area (Å²) < 4.78 is 36.5. The summed E-state index contributed by atoms with van der Waals surface area (Å²) >= 11 is 0. The van der Waals surface area contributed by atoms with Crippen molar-refractivity contribution >= 4 is 16.9 Å². The maximum atomic E-state index is 12.7. The lowest BCUT2D eigenvalue weighted by molar-refractivity contribution is 0.409. The molecule has 0 amide bonds. The number of aromatic amines is 1. The number of rotatable bonds is 1. The zero-order valence-electron chi connectivity index (χ0n) is 6.89. The number of H-pyrrole nitrogens is 1. The van der Waals surface area contributed by atoms with Crippen LogP contribution < -0.4 is 0 Å². The Balaban J connectivity index is 2.61. The summed E-state index contributed by atoms with van der Waals surface area (Å²) in [5, 5.41) is 0. The lowest BCUT2D eigenvalue weighted by atomic mass is 10.3. The minimum Gasteiger partial charge on any atom is -0.336 e. The monoisotopic (exact) mass is 198 g/mol. The Morgan fingerprint density at radius 3 is 2.50 bits per heavy atom. The second-order valence-corrected chi connectivity index (χ2v) is 2.68. The van der Waals surface area contributed by atoms with Gasteiger partial charge in [0.2, 0.25) is 5.83 Å². The maximum Gasteiger partial charge on any atom is 0.309 e. The van der Waals surface area contributed by atoms with Crippen molar-refractivity contribution < 1.29 is 13.2 Å². The maximum absolute atomic E-state index is 12.7. The van der Waals surface area contributed by atoms with E-state index in [-0.39, 0.29) is 0 Å². The van der Waals surface area contributed by atoms with Crippen LogP contribution in [0.25, 0.3) is 16.9 Å². The van der Waals surface area contributed by atoms with Gasteiger partial charge in [0.05, 0.1) is 11.0 Å². The van der Waals surface area contributed by atoms with E-state index >= 15 is 0 Å². The standard InChI is InChI=1S/C9H5F3N2/c10-7(8(11)12)9-13-5-3-1-2-4-6(5)14-9/h1-4H,(H,13,14). The van der Waals surface area contributed by atoms with E-state index in [0.717, 1.165) is 0 Å². The van der Waals surface area contributed by atoms with Crippen molar-refractivity contribution in [1.29, 1.82) is 0 Å². The smallest absolute Gasteiger partial charge is 0.309 e. The zero-order valence-corrected chi connectivity index (χ0v) is 6.89. The highest BCUT2D eigenvalue weighted by Crippen LogP contribution is 2.21. The Morgan fingerprint density at radius 2 is 1.86 bits per heavy atom. The number of hydrogen-bond donors (Lipinski definition) is 1. The quantitative estimate of drug-likeness (QED) is 0.749. The fourth-order valence-corrected chi connectivity index (χ4v) is 1.15. The first-order valence-electron chi connectivity index (χ1n) is 3.84. The molecule has 0 atom stereocenters. The van der Waals surface area contributed by atoms with Gasteiger partial charge in [-0.2, -0.15) is 13.2 Å². The Morgan fingerprint density at radius 1 is 1.14 bits per heavy atom. The number of hydrogen-bond acceptors (Lipinski definition) is 1. The van der Waals surface area contributed by atoms with Crippen molar-refractivity contribution in [3.05, 3.63) is 36.2 Å². The molecule has 0 aliphatic rings. The van der Waals surface area contributed by atoms with Crippen LogP contribution in [0.15, 0.2) is 30.3 Å². The number of nitrogens with one attached hydrogen (secondary N) is 1. The molecule has 2 aromatic rings. The van der Waals surface area contributed by atoms with Crippen LogP contribution in [0.1, 0.15) is 5.82 Å². The highest BCUT2D eigenvalue weighted by molar-refractivity contribution is 5.77. The first-order valence-corrected chi connectivity index (χ1v) is 3.84. The van der Waals surface area contributed by atoms with Crippen LogP contribution in [-0.2, 0) is 0 Å². The Kier molecular flexibility index (Phi) is 1.99. The summed E-state index contributed by atoms with van der Waals surface area (Å²) in [6.07, 6.45) is -2.37. The van der Waals surface area contributed by atoms with Gasteiger partial charge < -0.3 is 4.98 Å². The molecule has 1 aromatic heterocycles. The van der Waals surface area contributed by atoms with E-state index in [1.807, 2.05) is 0 Å². The number of aromatic nitrogens is 2. The molecule has 1 heterocycles. The van der Waals surface area contributed by atoms with E-state index in [1.165, 1.54) is 0 Å². The summed E-state index contributed by atoms with van der Waals surface area (Å²) in [5.74, 6) is -2.05. The van der Waals surface area contributed by atoms with Gasteiger partial charge in [-0.3, -0.25) is 0 Å². The van der Waals surface area contributed by atoms with Crippen LogP contribution in [0.2, 0.25) is 0 Å².